The lowest BCUT2D eigenvalue weighted by molar-refractivity contribution is 0.187. The minimum absolute atomic E-state index is 0.101. The van der Waals surface area contributed by atoms with Crippen molar-refractivity contribution < 1.29 is 10.2 Å². The van der Waals surface area contributed by atoms with Gasteiger partial charge in [0.05, 0.1) is 12.7 Å². The molecular weight excluding hydrogens is 172 g/mol. The Bertz CT molecular complexity index is 147. The Kier molecular flexibility index (Phi) is 3.44. The van der Waals surface area contributed by atoms with Crippen LogP contribution >= 0.6 is 11.8 Å². The van der Waals surface area contributed by atoms with Gasteiger partial charge in [0.15, 0.2) is 0 Å². The average molecular weight is 190 g/mol. The predicted octanol–water partition coefficient (Wildman–Crippen LogP) is 1.40. The summed E-state index contributed by atoms with van der Waals surface area (Å²) in [6, 6.07) is 0. The van der Waals surface area contributed by atoms with Crippen LogP contribution < -0.4 is 0 Å². The molecule has 72 valence electrons. The second-order valence-corrected chi connectivity index (χ2v) is 6.02. The summed E-state index contributed by atoms with van der Waals surface area (Å²) in [6.45, 7) is 4.21. The van der Waals surface area contributed by atoms with E-state index in [1.54, 1.807) is 11.8 Å². The van der Waals surface area contributed by atoms with E-state index < -0.39 is 0 Å². The summed E-state index contributed by atoms with van der Waals surface area (Å²) in [4.78, 5) is 0. The van der Waals surface area contributed by atoms with Crippen LogP contribution in [0.2, 0.25) is 0 Å². The number of hydrogen-bond acceptors (Lipinski definition) is 3. The van der Waals surface area contributed by atoms with E-state index in [2.05, 4.69) is 0 Å². The standard InChI is InChI=1S/C9H18O2S/c1-9(2,6-10)12-8-5-3-4-7(8)11/h7-8,10-11H,3-6H2,1-2H3/t7-,8-/m1/s1. The van der Waals surface area contributed by atoms with Crippen LogP contribution in [-0.2, 0) is 0 Å². The highest BCUT2D eigenvalue weighted by atomic mass is 32.2. The van der Waals surface area contributed by atoms with Gasteiger partial charge in [-0.3, -0.25) is 0 Å². The summed E-state index contributed by atoms with van der Waals surface area (Å²) in [5.41, 5.74) is 0. The van der Waals surface area contributed by atoms with Crippen molar-refractivity contribution in [1.82, 2.24) is 0 Å². The third kappa shape index (κ3) is 2.64. The maximum atomic E-state index is 9.55. The Hall–Kier alpha value is 0.270. The Morgan fingerprint density at radius 3 is 2.50 bits per heavy atom. The van der Waals surface area contributed by atoms with Gasteiger partial charge in [0.1, 0.15) is 0 Å². The van der Waals surface area contributed by atoms with E-state index in [-0.39, 0.29) is 17.5 Å². The van der Waals surface area contributed by atoms with Crippen LogP contribution in [0.3, 0.4) is 0 Å². The Morgan fingerprint density at radius 1 is 1.42 bits per heavy atom. The molecule has 0 aromatic heterocycles. The van der Waals surface area contributed by atoms with Crippen LogP contribution in [0.15, 0.2) is 0 Å². The van der Waals surface area contributed by atoms with Gasteiger partial charge in [-0.25, -0.2) is 0 Å². The fraction of sp³-hybridized carbons (Fsp3) is 1.00. The van der Waals surface area contributed by atoms with Crippen LogP contribution in [0.25, 0.3) is 0 Å². The normalized spacial score (nSPS) is 31.0. The number of thioether (sulfide) groups is 1. The third-order valence-electron chi connectivity index (χ3n) is 2.27. The fourth-order valence-electron chi connectivity index (χ4n) is 1.49. The van der Waals surface area contributed by atoms with Crippen LogP contribution in [0.5, 0.6) is 0 Å². The first-order valence-corrected chi connectivity index (χ1v) is 5.40. The molecule has 0 aliphatic heterocycles. The molecule has 0 radical (unpaired) electrons. The summed E-state index contributed by atoms with van der Waals surface area (Å²) in [5.74, 6) is 0. The minimum atomic E-state index is -0.152. The molecule has 1 fully saturated rings. The molecule has 1 saturated carbocycles. The van der Waals surface area contributed by atoms with Crippen molar-refractivity contribution in [2.75, 3.05) is 6.61 Å². The largest absolute Gasteiger partial charge is 0.395 e. The maximum Gasteiger partial charge on any atom is 0.0659 e. The van der Waals surface area contributed by atoms with E-state index in [1.165, 1.54) is 0 Å². The topological polar surface area (TPSA) is 40.5 Å². The first-order valence-electron chi connectivity index (χ1n) is 4.52. The highest BCUT2D eigenvalue weighted by Crippen LogP contribution is 2.37. The zero-order valence-corrected chi connectivity index (χ0v) is 8.60. The molecule has 2 atom stereocenters. The van der Waals surface area contributed by atoms with Gasteiger partial charge < -0.3 is 10.2 Å². The molecule has 0 bridgehead atoms. The van der Waals surface area contributed by atoms with Gasteiger partial charge >= 0.3 is 0 Å². The highest BCUT2D eigenvalue weighted by Gasteiger charge is 2.31. The van der Waals surface area contributed by atoms with Crippen molar-refractivity contribution in [3.05, 3.63) is 0 Å². The van der Waals surface area contributed by atoms with E-state index >= 15 is 0 Å². The summed E-state index contributed by atoms with van der Waals surface area (Å²) in [6.07, 6.45) is 3.00. The molecule has 0 amide bonds. The molecule has 3 heteroatoms. The lowest BCUT2D eigenvalue weighted by Crippen LogP contribution is -2.27. The van der Waals surface area contributed by atoms with Gasteiger partial charge in [0, 0.05) is 10.00 Å². The molecular formula is C9H18O2S. The second kappa shape index (κ2) is 3.99. The smallest absolute Gasteiger partial charge is 0.0659 e. The van der Waals surface area contributed by atoms with Gasteiger partial charge in [0.2, 0.25) is 0 Å². The highest BCUT2D eigenvalue weighted by molar-refractivity contribution is 8.01. The molecule has 0 aromatic rings. The zero-order valence-electron chi connectivity index (χ0n) is 7.79. The SMILES string of the molecule is CC(C)(CO)S[C@@H]1CCC[C@H]1O. The van der Waals surface area contributed by atoms with Crippen LogP contribution in [-0.4, -0.2) is 32.9 Å². The van der Waals surface area contributed by atoms with Crippen molar-refractivity contribution in [1.29, 1.82) is 0 Å². The van der Waals surface area contributed by atoms with Crippen LogP contribution in [0.1, 0.15) is 33.1 Å². The first-order chi connectivity index (χ1) is 5.55. The monoisotopic (exact) mass is 190 g/mol. The molecule has 0 saturated heterocycles. The molecule has 0 spiro atoms. The average Bonchev–Trinajstić information content (AvgIpc) is 2.36. The Balaban J connectivity index is 2.39. The third-order valence-corrected chi connectivity index (χ3v) is 3.89. The molecule has 0 aromatic carbocycles. The quantitative estimate of drug-likeness (QED) is 0.707. The maximum absolute atomic E-state index is 9.55. The van der Waals surface area contributed by atoms with E-state index in [1.807, 2.05) is 13.8 Å². The van der Waals surface area contributed by atoms with Gasteiger partial charge in [-0.2, -0.15) is 0 Å². The van der Waals surface area contributed by atoms with E-state index in [9.17, 15) is 5.11 Å². The molecule has 1 aliphatic carbocycles. The van der Waals surface area contributed by atoms with E-state index in [0.717, 1.165) is 19.3 Å². The Labute approximate surface area is 78.4 Å². The second-order valence-electron chi connectivity index (χ2n) is 4.07. The summed E-state index contributed by atoms with van der Waals surface area (Å²) in [5, 5.41) is 18.9. The molecule has 0 heterocycles. The molecule has 1 aliphatic rings. The number of hydrogen-bond donors (Lipinski definition) is 2. The van der Waals surface area contributed by atoms with Crippen molar-refractivity contribution >= 4 is 11.8 Å². The van der Waals surface area contributed by atoms with Gasteiger partial charge in [0.25, 0.3) is 0 Å². The van der Waals surface area contributed by atoms with Gasteiger partial charge in [-0.15, -0.1) is 11.8 Å². The summed E-state index contributed by atoms with van der Waals surface area (Å²) < 4.78 is -0.101. The van der Waals surface area contributed by atoms with Crippen LogP contribution in [0.4, 0.5) is 0 Å². The van der Waals surface area contributed by atoms with E-state index in [0.29, 0.717) is 5.25 Å². The molecule has 12 heavy (non-hydrogen) atoms. The molecule has 0 unspecified atom stereocenters. The number of rotatable bonds is 3. The number of aliphatic hydroxyl groups is 2. The molecule has 2 N–H and O–H groups in total. The molecule has 1 rings (SSSR count). The lowest BCUT2D eigenvalue weighted by Gasteiger charge is -2.26. The van der Waals surface area contributed by atoms with Gasteiger partial charge in [-0.05, 0) is 33.1 Å². The van der Waals surface area contributed by atoms with Crippen molar-refractivity contribution in [3.8, 4) is 0 Å². The van der Waals surface area contributed by atoms with Crippen molar-refractivity contribution in [2.24, 2.45) is 0 Å². The Morgan fingerprint density at radius 2 is 2.08 bits per heavy atom. The lowest BCUT2D eigenvalue weighted by atomic mass is 10.2. The predicted molar refractivity (Wildman–Crippen MR) is 52.4 cm³/mol. The van der Waals surface area contributed by atoms with Crippen molar-refractivity contribution in [2.45, 2.75) is 49.2 Å². The number of aliphatic hydroxyl groups excluding tert-OH is 2. The fourth-order valence-corrected chi connectivity index (χ4v) is 2.96. The van der Waals surface area contributed by atoms with Gasteiger partial charge in [-0.1, -0.05) is 0 Å². The molecule has 2 nitrogen and oxygen atoms in total. The summed E-state index contributed by atoms with van der Waals surface area (Å²) in [7, 11) is 0. The van der Waals surface area contributed by atoms with Crippen molar-refractivity contribution in [3.63, 3.8) is 0 Å². The van der Waals surface area contributed by atoms with E-state index in [4.69, 9.17) is 5.11 Å². The minimum Gasteiger partial charge on any atom is -0.395 e. The van der Waals surface area contributed by atoms with Crippen LogP contribution in [0, 0.1) is 0 Å². The first kappa shape index (κ1) is 10.4. The summed E-state index contributed by atoms with van der Waals surface area (Å²) >= 11 is 1.72. The zero-order chi connectivity index (χ0) is 9.19.